The highest BCUT2D eigenvalue weighted by Gasteiger charge is 2.12. The van der Waals surface area contributed by atoms with Crippen LogP contribution in [0.3, 0.4) is 0 Å². The molecule has 0 bridgehead atoms. The van der Waals surface area contributed by atoms with Gasteiger partial charge in [0.05, 0.1) is 0 Å². The number of benzene rings is 1. The molecule has 7 heteroatoms. The number of anilines is 1. The van der Waals surface area contributed by atoms with Crippen LogP contribution in [-0.4, -0.2) is 32.2 Å². The minimum absolute atomic E-state index is 0.0860. The number of carbonyl (C=O) groups excluding carboxylic acids is 1. The van der Waals surface area contributed by atoms with E-state index in [4.69, 9.17) is 5.11 Å². The zero-order chi connectivity index (χ0) is 15.2. The number of nitrogens with one attached hydrogen (secondary N) is 2. The van der Waals surface area contributed by atoms with Crippen LogP contribution < -0.4 is 5.32 Å². The van der Waals surface area contributed by atoms with Crippen molar-refractivity contribution in [3.05, 3.63) is 41.5 Å². The molecule has 3 N–H and O–H groups in total. The fraction of sp³-hybridized carbons (Fsp3) is 0.286. The fourth-order valence-corrected chi connectivity index (χ4v) is 1.75. The van der Waals surface area contributed by atoms with Crippen molar-refractivity contribution >= 4 is 17.6 Å². The summed E-state index contributed by atoms with van der Waals surface area (Å²) >= 11 is 0. The number of H-pyrrole nitrogens is 1. The third-order valence-electron chi connectivity index (χ3n) is 2.91. The molecule has 0 atom stereocenters. The van der Waals surface area contributed by atoms with Crippen LogP contribution in [0.25, 0.3) is 0 Å². The van der Waals surface area contributed by atoms with E-state index in [0.717, 1.165) is 5.56 Å². The van der Waals surface area contributed by atoms with E-state index in [0.29, 0.717) is 24.4 Å². The second-order valence-corrected chi connectivity index (χ2v) is 4.50. The first kappa shape index (κ1) is 14.7. The average Bonchev–Trinajstić information content (AvgIpc) is 2.95. The largest absolute Gasteiger partial charge is 0.481 e. The maximum atomic E-state index is 11.9. The summed E-state index contributed by atoms with van der Waals surface area (Å²) in [6, 6.07) is 7.02. The van der Waals surface area contributed by atoms with E-state index in [9.17, 15) is 9.59 Å². The van der Waals surface area contributed by atoms with Crippen molar-refractivity contribution in [2.45, 2.75) is 26.2 Å². The maximum Gasteiger partial charge on any atom is 0.303 e. The molecule has 0 saturated heterocycles. The molecule has 1 heterocycles. The molecule has 0 aliphatic carbocycles. The summed E-state index contributed by atoms with van der Waals surface area (Å²) in [5.74, 6) is -0.459. The van der Waals surface area contributed by atoms with Crippen LogP contribution in [0.15, 0.2) is 24.3 Å². The standard InChI is InChI=1S/C14H16N4O3/c1-2-11-16-13(18-17-11)14(21)15-10-6-3-9(4-7-10)5-8-12(19)20/h3-4,6-7H,2,5,8H2,1H3,(H,15,21)(H,19,20)(H,16,17,18). The van der Waals surface area contributed by atoms with Gasteiger partial charge >= 0.3 is 5.97 Å². The molecule has 1 amide bonds. The lowest BCUT2D eigenvalue weighted by atomic mass is 10.1. The molecule has 0 fully saturated rings. The van der Waals surface area contributed by atoms with Crippen LogP contribution in [0.5, 0.6) is 0 Å². The van der Waals surface area contributed by atoms with Gasteiger partial charge < -0.3 is 10.4 Å². The second kappa shape index (κ2) is 6.65. The Balaban J connectivity index is 1.96. The highest BCUT2D eigenvalue weighted by Crippen LogP contribution is 2.12. The van der Waals surface area contributed by atoms with Gasteiger partial charge in [-0.3, -0.25) is 14.7 Å². The third kappa shape index (κ3) is 4.13. The first-order valence-electron chi connectivity index (χ1n) is 6.62. The SMILES string of the molecule is CCc1nc(C(=O)Nc2ccc(CCC(=O)O)cc2)n[nH]1. The molecule has 2 aromatic rings. The minimum Gasteiger partial charge on any atom is -0.481 e. The van der Waals surface area contributed by atoms with Crippen molar-refractivity contribution in [3.8, 4) is 0 Å². The highest BCUT2D eigenvalue weighted by molar-refractivity contribution is 6.01. The normalized spacial score (nSPS) is 10.3. The number of carboxylic acids is 1. The Morgan fingerprint density at radius 2 is 2.00 bits per heavy atom. The molecule has 0 spiro atoms. The van der Waals surface area contributed by atoms with Crippen LogP contribution >= 0.6 is 0 Å². The van der Waals surface area contributed by atoms with Gasteiger partial charge in [-0.25, -0.2) is 4.98 Å². The molecule has 0 saturated carbocycles. The van der Waals surface area contributed by atoms with Gasteiger partial charge in [0, 0.05) is 18.5 Å². The topological polar surface area (TPSA) is 108 Å². The number of aliphatic carboxylic acids is 1. The average molecular weight is 288 g/mol. The Morgan fingerprint density at radius 1 is 1.29 bits per heavy atom. The Kier molecular flexibility index (Phi) is 4.65. The van der Waals surface area contributed by atoms with Crippen molar-refractivity contribution in [1.29, 1.82) is 0 Å². The molecule has 21 heavy (non-hydrogen) atoms. The molecule has 0 radical (unpaired) electrons. The Hall–Kier alpha value is -2.70. The smallest absolute Gasteiger partial charge is 0.303 e. The van der Waals surface area contributed by atoms with Crippen LogP contribution in [-0.2, 0) is 17.6 Å². The van der Waals surface area contributed by atoms with Crippen LogP contribution in [0, 0.1) is 0 Å². The highest BCUT2D eigenvalue weighted by atomic mass is 16.4. The van der Waals surface area contributed by atoms with E-state index in [2.05, 4.69) is 20.5 Å². The molecule has 2 rings (SSSR count). The van der Waals surface area contributed by atoms with Crippen LogP contribution in [0.4, 0.5) is 5.69 Å². The number of rotatable bonds is 6. The number of aromatic nitrogens is 3. The number of amides is 1. The molecule has 0 aliphatic heterocycles. The van der Waals surface area contributed by atoms with Crippen LogP contribution in [0.1, 0.15) is 35.4 Å². The quantitative estimate of drug-likeness (QED) is 0.748. The van der Waals surface area contributed by atoms with Gasteiger partial charge in [0.25, 0.3) is 5.91 Å². The zero-order valence-corrected chi connectivity index (χ0v) is 11.6. The predicted octanol–water partition coefficient (Wildman–Crippen LogP) is 1.64. The number of hydrogen-bond acceptors (Lipinski definition) is 4. The fourth-order valence-electron chi connectivity index (χ4n) is 1.75. The number of nitrogens with zero attached hydrogens (tertiary/aromatic N) is 2. The lowest BCUT2D eigenvalue weighted by Crippen LogP contribution is -2.13. The summed E-state index contributed by atoms with van der Waals surface area (Å²) in [5.41, 5.74) is 1.52. The van der Waals surface area contributed by atoms with E-state index in [1.807, 2.05) is 6.92 Å². The number of aromatic amines is 1. The Morgan fingerprint density at radius 3 is 2.57 bits per heavy atom. The first-order valence-corrected chi connectivity index (χ1v) is 6.62. The van der Waals surface area contributed by atoms with E-state index in [1.165, 1.54) is 0 Å². The number of carboxylic acid groups (broad SMARTS) is 1. The third-order valence-corrected chi connectivity index (χ3v) is 2.91. The minimum atomic E-state index is -0.830. The number of aryl methyl sites for hydroxylation is 2. The summed E-state index contributed by atoms with van der Waals surface area (Å²) in [6.45, 7) is 1.91. The second-order valence-electron chi connectivity index (χ2n) is 4.50. The Bertz CT molecular complexity index is 634. The lowest BCUT2D eigenvalue weighted by Gasteiger charge is -2.04. The summed E-state index contributed by atoms with van der Waals surface area (Å²) in [7, 11) is 0. The first-order chi connectivity index (χ1) is 10.1. The van der Waals surface area contributed by atoms with Crippen LogP contribution in [0.2, 0.25) is 0 Å². The summed E-state index contributed by atoms with van der Waals surface area (Å²) in [5, 5.41) is 17.8. The van der Waals surface area contributed by atoms with Crippen molar-refractivity contribution in [1.82, 2.24) is 15.2 Å². The van der Waals surface area contributed by atoms with Crippen molar-refractivity contribution < 1.29 is 14.7 Å². The molecule has 110 valence electrons. The van der Waals surface area contributed by atoms with E-state index in [-0.39, 0.29) is 18.2 Å². The van der Waals surface area contributed by atoms with Gasteiger partial charge in [-0.05, 0) is 24.1 Å². The summed E-state index contributed by atoms with van der Waals surface area (Å²) in [4.78, 5) is 26.5. The van der Waals surface area contributed by atoms with E-state index in [1.54, 1.807) is 24.3 Å². The monoisotopic (exact) mass is 288 g/mol. The van der Waals surface area contributed by atoms with Crippen molar-refractivity contribution in [2.24, 2.45) is 0 Å². The van der Waals surface area contributed by atoms with Gasteiger partial charge in [0.15, 0.2) is 0 Å². The molecule has 1 aromatic heterocycles. The van der Waals surface area contributed by atoms with Gasteiger partial charge in [-0.2, -0.15) is 0 Å². The lowest BCUT2D eigenvalue weighted by molar-refractivity contribution is -0.136. The summed E-state index contributed by atoms with van der Waals surface area (Å²) in [6.07, 6.45) is 1.23. The van der Waals surface area contributed by atoms with Crippen molar-refractivity contribution in [2.75, 3.05) is 5.32 Å². The predicted molar refractivity (Wildman–Crippen MR) is 76.1 cm³/mol. The van der Waals surface area contributed by atoms with Gasteiger partial charge in [0.1, 0.15) is 5.82 Å². The van der Waals surface area contributed by atoms with Gasteiger partial charge in [-0.15, -0.1) is 5.10 Å². The molecular weight excluding hydrogens is 272 g/mol. The maximum absolute atomic E-state index is 11.9. The van der Waals surface area contributed by atoms with E-state index >= 15 is 0 Å². The summed E-state index contributed by atoms with van der Waals surface area (Å²) < 4.78 is 0. The molecule has 7 nitrogen and oxygen atoms in total. The Labute approximate surface area is 121 Å². The van der Waals surface area contributed by atoms with Gasteiger partial charge in [0.2, 0.25) is 5.82 Å². The molecule has 0 unspecified atom stereocenters. The van der Waals surface area contributed by atoms with Crippen molar-refractivity contribution in [3.63, 3.8) is 0 Å². The van der Waals surface area contributed by atoms with Gasteiger partial charge in [-0.1, -0.05) is 19.1 Å². The number of carbonyl (C=O) groups is 2. The van der Waals surface area contributed by atoms with E-state index < -0.39 is 5.97 Å². The molecule has 0 aliphatic rings. The number of hydrogen-bond donors (Lipinski definition) is 3. The zero-order valence-electron chi connectivity index (χ0n) is 11.6. The molecular formula is C14H16N4O3. The molecule has 1 aromatic carbocycles.